The number of nitrogens with zero attached hydrogens (tertiary/aromatic N) is 1. The summed E-state index contributed by atoms with van der Waals surface area (Å²) >= 11 is 6.35. The number of anilines is 3. The van der Waals surface area contributed by atoms with Crippen molar-refractivity contribution in [3.63, 3.8) is 0 Å². The number of halogens is 1. The van der Waals surface area contributed by atoms with E-state index in [2.05, 4.69) is 10.6 Å². The van der Waals surface area contributed by atoms with Gasteiger partial charge < -0.3 is 21.3 Å². The number of carbonyl (C=O) groups is 3. The summed E-state index contributed by atoms with van der Waals surface area (Å²) < 4.78 is 0. The Balaban J connectivity index is 1.76. The number of fused-ring (bicyclic) bond motifs is 2. The molecule has 0 aliphatic heterocycles. The average molecular weight is 463 g/mol. The van der Waals surface area contributed by atoms with Crippen LogP contribution in [0.2, 0.25) is 5.02 Å². The molecule has 3 aromatic carbocycles. The molecule has 0 saturated carbocycles. The van der Waals surface area contributed by atoms with Crippen molar-refractivity contribution >= 4 is 46.1 Å². The Bertz CT molecular complexity index is 1290. The second kappa shape index (κ2) is 9.05. The first-order valence-corrected chi connectivity index (χ1v) is 10.8. The van der Waals surface area contributed by atoms with E-state index in [1.54, 1.807) is 48.5 Å². The van der Waals surface area contributed by atoms with Gasteiger partial charge in [0.25, 0.3) is 5.91 Å². The van der Waals surface area contributed by atoms with Crippen LogP contribution >= 0.6 is 11.6 Å². The van der Waals surface area contributed by atoms with Crippen molar-refractivity contribution < 1.29 is 14.4 Å². The number of likely N-dealkylation sites (N-methyl/N-ethyl adjacent to an activating group) is 1. The van der Waals surface area contributed by atoms with Gasteiger partial charge in [0.05, 0.1) is 38.8 Å². The van der Waals surface area contributed by atoms with Crippen molar-refractivity contribution in [3.05, 3.63) is 87.4 Å². The molecule has 0 heterocycles. The largest absolute Gasteiger partial charge is 0.397 e. The van der Waals surface area contributed by atoms with Gasteiger partial charge in [-0.1, -0.05) is 48.0 Å². The molecule has 0 atom stereocenters. The van der Waals surface area contributed by atoms with Crippen LogP contribution in [0.4, 0.5) is 17.1 Å². The van der Waals surface area contributed by atoms with E-state index in [1.165, 1.54) is 6.07 Å². The molecule has 0 aromatic heterocycles. The predicted molar refractivity (Wildman–Crippen MR) is 130 cm³/mol. The van der Waals surface area contributed by atoms with E-state index >= 15 is 0 Å². The Kier molecular flexibility index (Phi) is 6.18. The minimum absolute atomic E-state index is 0.0554. The lowest BCUT2D eigenvalue weighted by atomic mass is 9.82. The Hall–Kier alpha value is -3.68. The lowest BCUT2D eigenvalue weighted by molar-refractivity contribution is 0.0951. The standard InChI is InChI=1S/C25H23ClN4O3/c1-30(2)12-11-28-25(33)16-9-5-6-10-18(16)29-19-13-17(26)22(27)21-20(19)23(31)14-7-3-4-8-15(14)24(21)32/h3-10,13,29H,11-12,27H2,1-2H3,(H,28,33). The maximum absolute atomic E-state index is 13.4. The van der Waals surface area contributed by atoms with Crippen LogP contribution in [0.15, 0.2) is 54.6 Å². The Morgan fingerprint density at radius 2 is 1.55 bits per heavy atom. The topological polar surface area (TPSA) is 105 Å². The third kappa shape index (κ3) is 4.20. The highest BCUT2D eigenvalue weighted by Crippen LogP contribution is 2.40. The fraction of sp³-hybridized carbons (Fsp3) is 0.160. The normalized spacial score (nSPS) is 12.4. The molecule has 0 fully saturated rings. The number of hydrogen-bond donors (Lipinski definition) is 3. The highest BCUT2D eigenvalue weighted by molar-refractivity contribution is 6.38. The molecule has 33 heavy (non-hydrogen) atoms. The minimum atomic E-state index is -0.363. The zero-order valence-corrected chi connectivity index (χ0v) is 19.0. The average Bonchev–Trinajstić information content (AvgIpc) is 2.79. The number of nitrogens with two attached hydrogens (primary N) is 1. The number of benzene rings is 3. The van der Waals surface area contributed by atoms with E-state index in [0.29, 0.717) is 35.6 Å². The van der Waals surface area contributed by atoms with E-state index in [9.17, 15) is 14.4 Å². The van der Waals surface area contributed by atoms with Crippen LogP contribution in [0, 0.1) is 0 Å². The number of nitrogen functional groups attached to an aromatic ring is 1. The molecule has 4 N–H and O–H groups in total. The van der Waals surface area contributed by atoms with Gasteiger partial charge in [-0.2, -0.15) is 0 Å². The van der Waals surface area contributed by atoms with Gasteiger partial charge in [-0.15, -0.1) is 0 Å². The number of carbonyl (C=O) groups excluding carboxylic acids is 3. The Morgan fingerprint density at radius 1 is 0.939 bits per heavy atom. The number of hydrogen-bond acceptors (Lipinski definition) is 6. The van der Waals surface area contributed by atoms with E-state index in [-0.39, 0.29) is 44.9 Å². The van der Waals surface area contributed by atoms with Crippen molar-refractivity contribution in [2.24, 2.45) is 0 Å². The molecule has 0 saturated heterocycles. The lowest BCUT2D eigenvalue weighted by Crippen LogP contribution is -2.31. The quantitative estimate of drug-likeness (QED) is 0.377. The summed E-state index contributed by atoms with van der Waals surface area (Å²) in [4.78, 5) is 41.3. The summed E-state index contributed by atoms with van der Waals surface area (Å²) in [5.74, 6) is -0.958. The highest BCUT2D eigenvalue weighted by Gasteiger charge is 2.34. The third-order valence-electron chi connectivity index (χ3n) is 5.47. The number of para-hydroxylation sites is 1. The van der Waals surface area contributed by atoms with Gasteiger partial charge in [-0.05, 0) is 32.3 Å². The van der Waals surface area contributed by atoms with Crippen molar-refractivity contribution in [1.82, 2.24) is 10.2 Å². The van der Waals surface area contributed by atoms with Crippen LogP contribution in [0.5, 0.6) is 0 Å². The zero-order chi connectivity index (χ0) is 23.7. The summed E-state index contributed by atoms with van der Waals surface area (Å²) in [7, 11) is 3.85. The molecule has 0 spiro atoms. The van der Waals surface area contributed by atoms with Crippen LogP contribution in [0.3, 0.4) is 0 Å². The molecule has 1 aliphatic carbocycles. The molecule has 1 aliphatic rings. The maximum Gasteiger partial charge on any atom is 0.253 e. The fourth-order valence-electron chi connectivity index (χ4n) is 3.81. The van der Waals surface area contributed by atoms with Crippen molar-refractivity contribution in [2.45, 2.75) is 0 Å². The van der Waals surface area contributed by atoms with Gasteiger partial charge in [0.2, 0.25) is 0 Å². The number of nitrogens with one attached hydrogen (secondary N) is 2. The summed E-state index contributed by atoms with van der Waals surface area (Å²) in [6.07, 6.45) is 0. The first-order valence-electron chi connectivity index (χ1n) is 10.4. The van der Waals surface area contributed by atoms with Gasteiger partial charge in [0.1, 0.15) is 0 Å². The molecule has 0 unspecified atom stereocenters. The zero-order valence-electron chi connectivity index (χ0n) is 18.2. The minimum Gasteiger partial charge on any atom is -0.397 e. The van der Waals surface area contributed by atoms with E-state index in [0.717, 1.165) is 0 Å². The van der Waals surface area contributed by atoms with Gasteiger partial charge in [-0.25, -0.2) is 0 Å². The molecule has 168 valence electrons. The molecule has 3 aromatic rings. The van der Waals surface area contributed by atoms with Crippen LogP contribution in [0.1, 0.15) is 42.2 Å². The molecule has 0 radical (unpaired) electrons. The first kappa shape index (κ1) is 22.5. The van der Waals surface area contributed by atoms with Crippen molar-refractivity contribution in [2.75, 3.05) is 38.2 Å². The van der Waals surface area contributed by atoms with Crippen LogP contribution in [-0.2, 0) is 0 Å². The van der Waals surface area contributed by atoms with Gasteiger partial charge >= 0.3 is 0 Å². The van der Waals surface area contributed by atoms with Crippen molar-refractivity contribution in [1.29, 1.82) is 0 Å². The van der Waals surface area contributed by atoms with Gasteiger partial charge in [0.15, 0.2) is 11.6 Å². The van der Waals surface area contributed by atoms with E-state index < -0.39 is 0 Å². The first-order chi connectivity index (χ1) is 15.8. The van der Waals surface area contributed by atoms with E-state index in [4.69, 9.17) is 17.3 Å². The molecule has 8 heteroatoms. The monoisotopic (exact) mass is 462 g/mol. The molecular weight excluding hydrogens is 440 g/mol. The van der Waals surface area contributed by atoms with Gasteiger partial charge in [-0.3, -0.25) is 14.4 Å². The van der Waals surface area contributed by atoms with Gasteiger partial charge in [0, 0.05) is 24.2 Å². The van der Waals surface area contributed by atoms with E-state index in [1.807, 2.05) is 19.0 Å². The smallest absolute Gasteiger partial charge is 0.253 e. The SMILES string of the molecule is CN(C)CCNC(=O)c1ccccc1Nc1cc(Cl)c(N)c2c1C(=O)c1ccccc1C2=O. The maximum atomic E-state index is 13.4. The third-order valence-corrected chi connectivity index (χ3v) is 5.79. The molecule has 4 rings (SSSR count). The Labute approximate surface area is 196 Å². The second-order valence-corrected chi connectivity index (χ2v) is 8.41. The molecular formula is C25H23ClN4O3. The summed E-state index contributed by atoms with van der Waals surface area (Å²) in [6, 6.07) is 15.0. The molecule has 0 bridgehead atoms. The number of ketones is 2. The second-order valence-electron chi connectivity index (χ2n) is 8.00. The number of rotatable bonds is 6. The van der Waals surface area contributed by atoms with Crippen LogP contribution in [-0.4, -0.2) is 49.6 Å². The summed E-state index contributed by atoms with van der Waals surface area (Å²) in [6.45, 7) is 1.17. The van der Waals surface area contributed by atoms with Crippen LogP contribution in [0.25, 0.3) is 0 Å². The van der Waals surface area contributed by atoms with Crippen molar-refractivity contribution in [3.8, 4) is 0 Å². The molecule has 7 nitrogen and oxygen atoms in total. The Morgan fingerprint density at radius 3 is 2.21 bits per heavy atom. The highest BCUT2D eigenvalue weighted by atomic mass is 35.5. The fourth-order valence-corrected chi connectivity index (χ4v) is 4.01. The summed E-state index contributed by atoms with van der Waals surface area (Å²) in [5.41, 5.74) is 8.17. The molecule has 1 amide bonds. The number of amides is 1. The summed E-state index contributed by atoms with van der Waals surface area (Å²) in [5, 5.41) is 6.17. The predicted octanol–water partition coefficient (Wildman–Crippen LogP) is 3.73. The van der Waals surface area contributed by atoms with Crippen LogP contribution < -0.4 is 16.4 Å². The lowest BCUT2D eigenvalue weighted by Gasteiger charge is -2.23.